The molecule has 0 N–H and O–H groups in total. The fourth-order valence-electron chi connectivity index (χ4n) is 7.73. The van der Waals surface area contributed by atoms with Gasteiger partial charge in [-0.3, -0.25) is 4.40 Å². The molecule has 0 unspecified atom stereocenters. The molecule has 0 aliphatic rings. The maximum Gasteiger partial charge on any atom is 0.137 e. The summed E-state index contributed by atoms with van der Waals surface area (Å²) < 4.78 is 2.18. The molecule has 0 radical (unpaired) electrons. The van der Waals surface area contributed by atoms with E-state index in [-0.39, 0.29) is 0 Å². The summed E-state index contributed by atoms with van der Waals surface area (Å²) in [6.45, 7) is 0. The highest BCUT2D eigenvalue weighted by Gasteiger charge is 2.18. The van der Waals surface area contributed by atoms with Crippen LogP contribution in [0.5, 0.6) is 0 Å². The lowest BCUT2D eigenvalue weighted by atomic mass is 9.97. The van der Waals surface area contributed by atoms with Gasteiger partial charge in [0, 0.05) is 45.5 Å². The molecule has 4 nitrogen and oxygen atoms in total. The third-order valence-corrected chi connectivity index (χ3v) is 10.6. The lowest BCUT2D eigenvalue weighted by molar-refractivity contribution is 1.19. The van der Waals surface area contributed by atoms with Gasteiger partial charge in [-0.15, -0.1) is 0 Å². The number of para-hydroxylation sites is 1. The first-order valence-electron chi connectivity index (χ1n) is 19.6. The summed E-state index contributed by atoms with van der Waals surface area (Å²) in [5.74, 6) is 0. The van der Waals surface area contributed by atoms with Crippen molar-refractivity contribution in [3.05, 3.63) is 231 Å². The molecule has 3 heterocycles. The Labute approximate surface area is 338 Å². The van der Waals surface area contributed by atoms with E-state index >= 15 is 0 Å². The number of hydrogen-bond donors (Lipinski definition) is 0. The molecule has 0 aliphatic carbocycles. The SMILES string of the molecule is c1ccc(-c2cc(-c3ccc(-c4ccc(N(c5ccccc5)c5ccc(-c6c(-c7ccccc7)nc7ccccn67)cc5)cc4)cc3)cc(-c3ccccc3)n2)cc1. The molecule has 0 fully saturated rings. The Morgan fingerprint density at radius 3 is 1.26 bits per heavy atom. The maximum atomic E-state index is 5.06. The second kappa shape index (κ2) is 15.4. The molecule has 0 bridgehead atoms. The van der Waals surface area contributed by atoms with Crippen molar-refractivity contribution in [1.82, 2.24) is 14.4 Å². The number of hydrogen-bond acceptors (Lipinski definition) is 3. The van der Waals surface area contributed by atoms with Crippen molar-refractivity contribution in [3.63, 3.8) is 0 Å². The predicted molar refractivity (Wildman–Crippen MR) is 240 cm³/mol. The molecule has 3 aromatic heterocycles. The van der Waals surface area contributed by atoms with E-state index in [1.807, 2.05) is 24.3 Å². The van der Waals surface area contributed by atoms with E-state index in [1.54, 1.807) is 0 Å². The van der Waals surface area contributed by atoms with Gasteiger partial charge in [-0.2, -0.15) is 0 Å². The van der Waals surface area contributed by atoms with E-state index in [0.29, 0.717) is 0 Å². The average molecular weight is 743 g/mol. The maximum absolute atomic E-state index is 5.06. The standard InChI is InChI=1S/C54H38N4/c1-5-15-42(16-6-1)50-37-46(38-51(55-50)43-17-7-2-8-18-43)41-26-24-39(25-27-41)40-28-32-48(33-29-40)58(47-21-11-4-12-22-47)49-34-30-45(31-35-49)54-53(44-19-9-3-10-20-44)56-52-23-13-14-36-57(52)54/h1-38H. The van der Waals surface area contributed by atoms with Crippen LogP contribution < -0.4 is 4.90 Å². The molecule has 58 heavy (non-hydrogen) atoms. The molecule has 10 aromatic rings. The van der Waals surface area contributed by atoms with Crippen molar-refractivity contribution in [2.24, 2.45) is 0 Å². The van der Waals surface area contributed by atoms with Crippen LogP contribution in [-0.2, 0) is 0 Å². The van der Waals surface area contributed by atoms with Crippen molar-refractivity contribution in [1.29, 1.82) is 0 Å². The zero-order chi connectivity index (χ0) is 38.7. The molecule has 0 atom stereocenters. The van der Waals surface area contributed by atoms with Crippen molar-refractivity contribution >= 4 is 22.7 Å². The predicted octanol–water partition coefficient (Wildman–Crippen LogP) is 14.2. The van der Waals surface area contributed by atoms with Gasteiger partial charge in [0.05, 0.1) is 22.8 Å². The minimum Gasteiger partial charge on any atom is -0.311 e. The highest BCUT2D eigenvalue weighted by Crippen LogP contribution is 2.39. The Morgan fingerprint density at radius 1 is 0.310 bits per heavy atom. The number of nitrogens with zero attached hydrogens (tertiary/aromatic N) is 4. The molecule has 4 heteroatoms. The average Bonchev–Trinajstić information content (AvgIpc) is 3.71. The third kappa shape index (κ3) is 6.84. The second-order valence-electron chi connectivity index (χ2n) is 14.3. The first-order valence-corrected chi connectivity index (χ1v) is 19.6. The number of pyridine rings is 2. The molecular formula is C54H38N4. The Bertz CT molecular complexity index is 2880. The van der Waals surface area contributed by atoms with E-state index in [2.05, 4.69) is 216 Å². The molecule has 0 aliphatic heterocycles. The largest absolute Gasteiger partial charge is 0.311 e. The molecule has 0 saturated heterocycles. The zero-order valence-electron chi connectivity index (χ0n) is 31.7. The Morgan fingerprint density at radius 2 is 0.724 bits per heavy atom. The summed E-state index contributed by atoms with van der Waals surface area (Å²) in [6, 6.07) is 78.8. The van der Waals surface area contributed by atoms with Gasteiger partial charge in [-0.1, -0.05) is 164 Å². The van der Waals surface area contributed by atoms with Crippen molar-refractivity contribution in [2.45, 2.75) is 0 Å². The summed E-state index contributed by atoms with van der Waals surface area (Å²) in [5.41, 5.74) is 17.1. The quantitative estimate of drug-likeness (QED) is 0.148. The van der Waals surface area contributed by atoms with Crippen LogP contribution in [0.1, 0.15) is 0 Å². The zero-order valence-corrected chi connectivity index (χ0v) is 31.7. The smallest absolute Gasteiger partial charge is 0.137 e. The van der Waals surface area contributed by atoms with E-state index in [1.165, 1.54) is 0 Å². The van der Waals surface area contributed by atoms with Crippen molar-refractivity contribution < 1.29 is 0 Å². The number of rotatable bonds is 9. The molecule has 10 rings (SSSR count). The highest BCUT2D eigenvalue weighted by atomic mass is 15.1. The first-order chi connectivity index (χ1) is 28.7. The number of anilines is 3. The molecule has 0 amide bonds. The van der Waals surface area contributed by atoms with E-state index in [0.717, 1.165) is 90.0 Å². The fourth-order valence-corrected chi connectivity index (χ4v) is 7.73. The number of aromatic nitrogens is 3. The molecular weight excluding hydrogens is 705 g/mol. The van der Waals surface area contributed by atoms with Gasteiger partial charge in [0.2, 0.25) is 0 Å². The van der Waals surface area contributed by atoms with Crippen molar-refractivity contribution in [3.8, 4) is 67.3 Å². The summed E-state index contributed by atoms with van der Waals surface area (Å²) in [6.07, 6.45) is 2.09. The van der Waals surface area contributed by atoms with Gasteiger partial charge in [-0.05, 0) is 82.9 Å². The highest BCUT2D eigenvalue weighted by molar-refractivity contribution is 5.85. The van der Waals surface area contributed by atoms with Crippen molar-refractivity contribution in [2.75, 3.05) is 4.90 Å². The van der Waals surface area contributed by atoms with Crippen LogP contribution in [0.25, 0.3) is 72.9 Å². The van der Waals surface area contributed by atoms with Gasteiger partial charge >= 0.3 is 0 Å². The van der Waals surface area contributed by atoms with Crippen LogP contribution >= 0.6 is 0 Å². The van der Waals surface area contributed by atoms with Gasteiger partial charge in [0.1, 0.15) is 5.65 Å². The van der Waals surface area contributed by atoms with Gasteiger partial charge in [0.15, 0.2) is 0 Å². The topological polar surface area (TPSA) is 33.4 Å². The van der Waals surface area contributed by atoms with E-state index in [4.69, 9.17) is 9.97 Å². The van der Waals surface area contributed by atoms with Gasteiger partial charge in [-0.25, -0.2) is 9.97 Å². The van der Waals surface area contributed by atoms with Crippen LogP contribution in [0, 0.1) is 0 Å². The number of fused-ring (bicyclic) bond motifs is 1. The lowest BCUT2D eigenvalue weighted by Crippen LogP contribution is -2.09. The first kappa shape index (κ1) is 34.7. The van der Waals surface area contributed by atoms with E-state index < -0.39 is 0 Å². The number of benzene rings is 7. The second-order valence-corrected chi connectivity index (χ2v) is 14.3. The van der Waals surface area contributed by atoms with Crippen LogP contribution in [-0.4, -0.2) is 14.4 Å². The van der Waals surface area contributed by atoms with E-state index in [9.17, 15) is 0 Å². The Balaban J connectivity index is 0.962. The minimum atomic E-state index is 0.924. The lowest BCUT2D eigenvalue weighted by Gasteiger charge is -2.26. The summed E-state index contributed by atoms with van der Waals surface area (Å²) in [4.78, 5) is 12.4. The summed E-state index contributed by atoms with van der Waals surface area (Å²) in [5, 5.41) is 0. The molecule has 0 spiro atoms. The minimum absolute atomic E-state index is 0.924. The van der Waals surface area contributed by atoms with Crippen LogP contribution in [0.4, 0.5) is 17.1 Å². The normalized spacial score (nSPS) is 11.1. The third-order valence-electron chi connectivity index (χ3n) is 10.6. The Kier molecular flexibility index (Phi) is 9.18. The van der Waals surface area contributed by atoms with Crippen LogP contribution in [0.2, 0.25) is 0 Å². The van der Waals surface area contributed by atoms with Crippen LogP contribution in [0.3, 0.4) is 0 Å². The Hall–Kier alpha value is -7.82. The van der Waals surface area contributed by atoms with Gasteiger partial charge in [0.25, 0.3) is 0 Å². The number of imidazole rings is 1. The fraction of sp³-hybridized carbons (Fsp3) is 0. The van der Waals surface area contributed by atoms with Crippen LogP contribution in [0.15, 0.2) is 231 Å². The summed E-state index contributed by atoms with van der Waals surface area (Å²) in [7, 11) is 0. The van der Waals surface area contributed by atoms with Gasteiger partial charge < -0.3 is 4.90 Å². The molecule has 0 saturated carbocycles. The monoisotopic (exact) mass is 742 g/mol. The molecule has 7 aromatic carbocycles. The molecule has 274 valence electrons. The summed E-state index contributed by atoms with van der Waals surface area (Å²) >= 11 is 0.